The number of non-ortho nitro benzene ring substituents is 1. The number of piperazine rings is 1. The predicted molar refractivity (Wildman–Crippen MR) is 123 cm³/mol. The van der Waals surface area contributed by atoms with Crippen molar-refractivity contribution in [3.63, 3.8) is 0 Å². The van der Waals surface area contributed by atoms with Gasteiger partial charge >= 0.3 is 5.97 Å². The summed E-state index contributed by atoms with van der Waals surface area (Å²) in [6.07, 6.45) is 0. The lowest BCUT2D eigenvalue weighted by atomic mass is 10.1. The van der Waals surface area contributed by atoms with E-state index >= 15 is 0 Å². The number of ether oxygens (including phenoxy) is 1. The number of methoxy groups -OCH3 is 1. The SMILES string of the molecule is COC(=O)c1cc([N+](=O)[O-])cc([N+](=O)[O-])c1N1CCN(Cc2nc(-c3ccc(C)cc3)no2)CC1. The molecule has 1 aliphatic heterocycles. The molecule has 1 fully saturated rings. The molecule has 4 rings (SSSR count). The average Bonchev–Trinajstić information content (AvgIpc) is 3.32. The minimum atomic E-state index is -0.885. The summed E-state index contributed by atoms with van der Waals surface area (Å²) in [5.41, 5.74) is 0.677. The van der Waals surface area contributed by atoms with Crippen LogP contribution in [-0.4, -0.2) is 64.1 Å². The molecule has 2 heterocycles. The molecule has 182 valence electrons. The Morgan fingerprint density at radius 1 is 1.09 bits per heavy atom. The highest BCUT2D eigenvalue weighted by molar-refractivity contribution is 5.99. The molecule has 1 aliphatic rings. The summed E-state index contributed by atoms with van der Waals surface area (Å²) >= 11 is 0. The Kier molecular flexibility index (Phi) is 6.68. The summed E-state index contributed by atoms with van der Waals surface area (Å²) in [5.74, 6) is 0.0391. The summed E-state index contributed by atoms with van der Waals surface area (Å²) in [4.78, 5) is 41.9. The highest BCUT2D eigenvalue weighted by Crippen LogP contribution is 2.37. The van der Waals surface area contributed by atoms with Crippen molar-refractivity contribution in [1.29, 1.82) is 0 Å². The quantitative estimate of drug-likeness (QED) is 0.277. The lowest BCUT2D eigenvalue weighted by Gasteiger charge is -2.35. The van der Waals surface area contributed by atoms with E-state index in [9.17, 15) is 25.0 Å². The molecule has 0 radical (unpaired) electrons. The Labute approximate surface area is 199 Å². The number of hydrogen-bond acceptors (Lipinski definition) is 11. The van der Waals surface area contributed by atoms with Gasteiger partial charge in [-0.3, -0.25) is 25.1 Å². The smallest absolute Gasteiger partial charge is 0.340 e. The second-order valence-electron chi connectivity index (χ2n) is 8.01. The van der Waals surface area contributed by atoms with Gasteiger partial charge in [-0.2, -0.15) is 4.98 Å². The summed E-state index contributed by atoms with van der Waals surface area (Å²) in [7, 11) is 1.12. The van der Waals surface area contributed by atoms with Gasteiger partial charge in [0.05, 0.1) is 35.1 Å². The van der Waals surface area contributed by atoms with Crippen molar-refractivity contribution >= 4 is 23.0 Å². The van der Waals surface area contributed by atoms with E-state index in [0.717, 1.165) is 30.4 Å². The molecule has 13 nitrogen and oxygen atoms in total. The summed E-state index contributed by atoms with van der Waals surface area (Å²) < 4.78 is 10.1. The van der Waals surface area contributed by atoms with Gasteiger partial charge in [-0.1, -0.05) is 35.0 Å². The number of esters is 1. The van der Waals surface area contributed by atoms with E-state index in [2.05, 4.69) is 10.1 Å². The highest BCUT2D eigenvalue weighted by Gasteiger charge is 2.33. The Morgan fingerprint density at radius 2 is 1.77 bits per heavy atom. The maximum atomic E-state index is 12.3. The Morgan fingerprint density at radius 3 is 2.37 bits per heavy atom. The molecule has 0 aliphatic carbocycles. The minimum Gasteiger partial charge on any atom is -0.465 e. The van der Waals surface area contributed by atoms with E-state index in [4.69, 9.17) is 9.26 Å². The summed E-state index contributed by atoms with van der Waals surface area (Å²) in [5, 5.41) is 27.0. The monoisotopic (exact) mass is 482 g/mol. The first-order valence-corrected chi connectivity index (χ1v) is 10.7. The second kappa shape index (κ2) is 9.85. The van der Waals surface area contributed by atoms with Gasteiger partial charge in [-0.05, 0) is 6.92 Å². The van der Waals surface area contributed by atoms with Gasteiger partial charge in [0.15, 0.2) is 0 Å². The van der Waals surface area contributed by atoms with Gasteiger partial charge in [0, 0.05) is 37.8 Å². The van der Waals surface area contributed by atoms with E-state index in [0.29, 0.717) is 44.4 Å². The molecule has 0 saturated carbocycles. The topological polar surface area (TPSA) is 158 Å². The van der Waals surface area contributed by atoms with Crippen LogP contribution in [0.1, 0.15) is 21.8 Å². The molecule has 35 heavy (non-hydrogen) atoms. The Bertz CT molecular complexity index is 1270. The van der Waals surface area contributed by atoms with E-state index in [1.165, 1.54) is 0 Å². The van der Waals surface area contributed by atoms with Crippen molar-refractivity contribution in [3.8, 4) is 11.4 Å². The summed E-state index contributed by atoms with van der Waals surface area (Å²) in [6.45, 7) is 4.01. The molecule has 13 heteroatoms. The molecule has 0 amide bonds. The Hall–Kier alpha value is -4.39. The number of hydrogen-bond donors (Lipinski definition) is 0. The van der Waals surface area contributed by atoms with Gasteiger partial charge in [0.25, 0.3) is 11.4 Å². The van der Waals surface area contributed by atoms with Gasteiger partial charge in [0.2, 0.25) is 11.7 Å². The van der Waals surface area contributed by atoms with Gasteiger partial charge < -0.3 is 14.2 Å². The first-order valence-electron chi connectivity index (χ1n) is 10.7. The number of rotatable bonds is 7. The zero-order chi connectivity index (χ0) is 25.1. The fourth-order valence-corrected chi connectivity index (χ4v) is 3.91. The van der Waals surface area contributed by atoms with Gasteiger partial charge in [-0.25, -0.2) is 4.79 Å². The van der Waals surface area contributed by atoms with Crippen LogP contribution in [0.3, 0.4) is 0 Å². The third-order valence-corrected chi connectivity index (χ3v) is 5.71. The number of aryl methyl sites for hydroxylation is 1. The van der Waals surface area contributed by atoms with E-state index in [1.807, 2.05) is 36.1 Å². The molecule has 3 aromatic rings. The molecule has 0 unspecified atom stereocenters. The minimum absolute atomic E-state index is 0.00606. The number of anilines is 1. The third kappa shape index (κ3) is 5.09. The van der Waals surface area contributed by atoms with Crippen LogP contribution in [0.5, 0.6) is 0 Å². The number of carbonyl (C=O) groups is 1. The van der Waals surface area contributed by atoms with Crippen LogP contribution < -0.4 is 4.90 Å². The first kappa shape index (κ1) is 23.8. The van der Waals surface area contributed by atoms with Crippen LogP contribution in [0.2, 0.25) is 0 Å². The van der Waals surface area contributed by atoms with Crippen molar-refractivity contribution < 1.29 is 23.9 Å². The summed E-state index contributed by atoms with van der Waals surface area (Å²) in [6, 6.07) is 9.62. The van der Waals surface area contributed by atoms with Crippen LogP contribution in [0.25, 0.3) is 11.4 Å². The van der Waals surface area contributed by atoms with Gasteiger partial charge in [0.1, 0.15) is 5.69 Å². The normalized spacial score (nSPS) is 14.1. The van der Waals surface area contributed by atoms with Crippen LogP contribution in [-0.2, 0) is 11.3 Å². The molecule has 0 spiro atoms. The van der Waals surface area contributed by atoms with E-state index in [1.54, 1.807) is 4.90 Å². The molecular weight excluding hydrogens is 460 g/mol. The molecule has 0 bridgehead atoms. The maximum Gasteiger partial charge on any atom is 0.340 e. The number of nitro groups is 2. The number of aromatic nitrogens is 2. The molecule has 2 aromatic carbocycles. The van der Waals surface area contributed by atoms with Crippen molar-refractivity contribution in [2.45, 2.75) is 13.5 Å². The fraction of sp³-hybridized carbons (Fsp3) is 0.318. The van der Waals surface area contributed by atoms with Crippen molar-refractivity contribution in [2.75, 3.05) is 38.2 Å². The lowest BCUT2D eigenvalue weighted by molar-refractivity contribution is -0.393. The van der Waals surface area contributed by atoms with Crippen LogP contribution in [0, 0.1) is 27.2 Å². The highest BCUT2D eigenvalue weighted by atomic mass is 16.6. The number of nitrogens with zero attached hydrogens (tertiary/aromatic N) is 6. The maximum absolute atomic E-state index is 12.3. The molecular formula is C22H22N6O7. The zero-order valence-corrected chi connectivity index (χ0v) is 19.0. The number of benzene rings is 2. The molecule has 0 N–H and O–H groups in total. The van der Waals surface area contributed by atoms with Gasteiger partial charge in [-0.15, -0.1) is 0 Å². The predicted octanol–water partition coefficient (Wildman–Crippen LogP) is 2.97. The zero-order valence-electron chi connectivity index (χ0n) is 19.0. The van der Waals surface area contributed by atoms with Crippen molar-refractivity contribution in [2.24, 2.45) is 0 Å². The van der Waals surface area contributed by atoms with E-state index < -0.39 is 27.2 Å². The van der Waals surface area contributed by atoms with Crippen LogP contribution in [0.15, 0.2) is 40.9 Å². The lowest BCUT2D eigenvalue weighted by Crippen LogP contribution is -2.46. The van der Waals surface area contributed by atoms with Crippen molar-refractivity contribution in [3.05, 3.63) is 73.6 Å². The Balaban J connectivity index is 1.50. The number of carbonyl (C=O) groups excluding carboxylic acids is 1. The van der Waals surface area contributed by atoms with Crippen molar-refractivity contribution in [1.82, 2.24) is 15.0 Å². The largest absolute Gasteiger partial charge is 0.465 e. The molecule has 1 aromatic heterocycles. The van der Waals surface area contributed by atoms with Crippen LogP contribution >= 0.6 is 0 Å². The average molecular weight is 482 g/mol. The van der Waals surface area contributed by atoms with E-state index in [-0.39, 0.29) is 11.3 Å². The standard InChI is InChI=1S/C22H22N6O7/c1-14-3-5-15(6-4-14)21-23-19(35-24-21)13-25-7-9-26(10-8-25)20-17(22(29)34-2)11-16(27(30)31)12-18(20)28(32)33/h3-6,11-12H,7-10,13H2,1-2H3. The first-order chi connectivity index (χ1) is 16.8. The number of nitro benzene ring substituents is 2. The third-order valence-electron chi connectivity index (χ3n) is 5.71. The molecule has 1 saturated heterocycles. The van der Waals surface area contributed by atoms with Crippen LogP contribution in [0.4, 0.5) is 17.1 Å². The second-order valence-corrected chi connectivity index (χ2v) is 8.01. The molecule has 0 atom stereocenters. The fourth-order valence-electron chi connectivity index (χ4n) is 3.91.